The Balaban J connectivity index is 2.44. The third-order valence-electron chi connectivity index (χ3n) is 3.33. The molecule has 2 nitrogen and oxygen atoms in total. The molecule has 1 aliphatic rings. The van der Waals surface area contributed by atoms with Gasteiger partial charge in [0.15, 0.2) is 0 Å². The maximum absolute atomic E-state index is 12.1. The second kappa shape index (κ2) is 5.36. The van der Waals surface area contributed by atoms with Gasteiger partial charge in [-0.05, 0) is 38.8 Å². The van der Waals surface area contributed by atoms with E-state index in [4.69, 9.17) is 0 Å². The van der Waals surface area contributed by atoms with E-state index in [0.717, 1.165) is 19.5 Å². The number of nitrogens with zero attached hydrogens (tertiary/aromatic N) is 1. The fourth-order valence-electron chi connectivity index (χ4n) is 2.18. The Kier molecular flexibility index (Phi) is 4.62. The topological polar surface area (TPSA) is 23.5 Å². The van der Waals surface area contributed by atoms with Gasteiger partial charge in [-0.25, -0.2) is 0 Å². The van der Waals surface area contributed by atoms with Crippen molar-refractivity contribution in [2.75, 3.05) is 19.6 Å². The molecule has 0 aromatic heterocycles. The van der Waals surface area contributed by atoms with Crippen molar-refractivity contribution in [2.45, 2.75) is 50.8 Å². The van der Waals surface area contributed by atoms with Gasteiger partial charge in [-0.2, -0.15) is 13.2 Å². The molecular formula is C11H20F3NO. The van der Waals surface area contributed by atoms with Crippen LogP contribution in [0, 0.1) is 0 Å². The number of alkyl halides is 3. The lowest BCUT2D eigenvalue weighted by molar-refractivity contribution is -0.147. The molecule has 1 unspecified atom stereocenters. The van der Waals surface area contributed by atoms with Crippen LogP contribution in [0.5, 0.6) is 0 Å². The van der Waals surface area contributed by atoms with Crippen LogP contribution in [-0.2, 0) is 0 Å². The zero-order valence-electron chi connectivity index (χ0n) is 9.69. The molecule has 1 fully saturated rings. The highest BCUT2D eigenvalue weighted by Crippen LogP contribution is 2.32. The molecule has 1 saturated heterocycles. The van der Waals surface area contributed by atoms with E-state index in [1.54, 1.807) is 0 Å². The second-order valence-corrected chi connectivity index (χ2v) is 4.63. The number of halogens is 3. The Labute approximate surface area is 94.4 Å². The average molecular weight is 239 g/mol. The van der Waals surface area contributed by atoms with Crippen LogP contribution in [-0.4, -0.2) is 41.4 Å². The second-order valence-electron chi connectivity index (χ2n) is 4.63. The number of hydrogen-bond acceptors (Lipinski definition) is 2. The summed E-state index contributed by atoms with van der Waals surface area (Å²) >= 11 is 0. The number of rotatable bonds is 3. The molecular weight excluding hydrogens is 219 g/mol. The normalized spacial score (nSPS) is 29.1. The minimum Gasteiger partial charge on any atom is -0.390 e. The van der Waals surface area contributed by atoms with Gasteiger partial charge in [0.2, 0.25) is 0 Å². The standard InChI is InChI=1S/C11H20F3NO/c1-2-15-8-3-4-10(16,7-9-15)5-6-11(12,13)14/h16H,2-9H2,1H3. The molecule has 16 heavy (non-hydrogen) atoms. The van der Waals surface area contributed by atoms with Crippen LogP contribution in [0.15, 0.2) is 0 Å². The minimum atomic E-state index is -4.16. The zero-order chi connectivity index (χ0) is 12.2. The van der Waals surface area contributed by atoms with Crippen LogP contribution >= 0.6 is 0 Å². The van der Waals surface area contributed by atoms with Crippen molar-refractivity contribution >= 4 is 0 Å². The van der Waals surface area contributed by atoms with E-state index in [2.05, 4.69) is 4.90 Å². The summed E-state index contributed by atoms with van der Waals surface area (Å²) in [5, 5.41) is 10.1. The molecule has 1 rings (SSSR count). The first-order valence-electron chi connectivity index (χ1n) is 5.86. The predicted octanol–water partition coefficient (Wildman–Crippen LogP) is 2.57. The lowest BCUT2D eigenvalue weighted by atomic mass is 9.90. The zero-order valence-corrected chi connectivity index (χ0v) is 9.69. The van der Waals surface area contributed by atoms with E-state index in [1.165, 1.54) is 0 Å². The first-order valence-corrected chi connectivity index (χ1v) is 5.86. The lowest BCUT2D eigenvalue weighted by Crippen LogP contribution is -2.32. The molecule has 0 radical (unpaired) electrons. The quantitative estimate of drug-likeness (QED) is 0.818. The third-order valence-corrected chi connectivity index (χ3v) is 3.33. The Bertz CT molecular complexity index is 220. The van der Waals surface area contributed by atoms with Crippen molar-refractivity contribution in [2.24, 2.45) is 0 Å². The Hall–Kier alpha value is -0.290. The summed E-state index contributed by atoms with van der Waals surface area (Å²) in [5.74, 6) is 0. The van der Waals surface area contributed by atoms with Gasteiger partial charge in [-0.1, -0.05) is 6.92 Å². The van der Waals surface area contributed by atoms with Crippen molar-refractivity contribution in [3.63, 3.8) is 0 Å². The molecule has 0 bridgehead atoms. The molecule has 0 saturated carbocycles. The number of aliphatic hydroxyl groups is 1. The van der Waals surface area contributed by atoms with E-state index in [0.29, 0.717) is 19.4 Å². The van der Waals surface area contributed by atoms with Crippen LogP contribution in [0.25, 0.3) is 0 Å². The Morgan fingerprint density at radius 3 is 2.50 bits per heavy atom. The summed E-state index contributed by atoms with van der Waals surface area (Å²) < 4.78 is 36.3. The summed E-state index contributed by atoms with van der Waals surface area (Å²) in [6.07, 6.45) is -3.48. The van der Waals surface area contributed by atoms with Gasteiger partial charge in [-0.3, -0.25) is 0 Å². The van der Waals surface area contributed by atoms with Crippen LogP contribution in [0.3, 0.4) is 0 Å². The summed E-state index contributed by atoms with van der Waals surface area (Å²) in [7, 11) is 0. The highest BCUT2D eigenvalue weighted by atomic mass is 19.4. The van der Waals surface area contributed by atoms with Crippen LogP contribution < -0.4 is 0 Å². The van der Waals surface area contributed by atoms with Crippen LogP contribution in [0.2, 0.25) is 0 Å². The van der Waals surface area contributed by atoms with E-state index >= 15 is 0 Å². The maximum Gasteiger partial charge on any atom is 0.389 e. The molecule has 1 N–H and O–H groups in total. The van der Waals surface area contributed by atoms with Gasteiger partial charge < -0.3 is 10.0 Å². The summed E-state index contributed by atoms with van der Waals surface area (Å²) in [5.41, 5.74) is -1.11. The lowest BCUT2D eigenvalue weighted by Gasteiger charge is -2.27. The molecule has 0 amide bonds. The Morgan fingerprint density at radius 1 is 1.25 bits per heavy atom. The van der Waals surface area contributed by atoms with Gasteiger partial charge in [0.25, 0.3) is 0 Å². The number of hydrogen-bond donors (Lipinski definition) is 1. The Morgan fingerprint density at radius 2 is 1.94 bits per heavy atom. The predicted molar refractivity (Wildman–Crippen MR) is 56.2 cm³/mol. The van der Waals surface area contributed by atoms with Gasteiger partial charge in [0.05, 0.1) is 5.60 Å². The molecule has 1 atom stereocenters. The van der Waals surface area contributed by atoms with E-state index < -0.39 is 18.2 Å². The fourth-order valence-corrected chi connectivity index (χ4v) is 2.18. The maximum atomic E-state index is 12.1. The summed E-state index contributed by atoms with van der Waals surface area (Å²) in [4.78, 5) is 2.17. The van der Waals surface area contributed by atoms with Crippen molar-refractivity contribution < 1.29 is 18.3 Å². The smallest absolute Gasteiger partial charge is 0.389 e. The highest BCUT2D eigenvalue weighted by molar-refractivity contribution is 4.84. The van der Waals surface area contributed by atoms with Crippen molar-refractivity contribution in [3.05, 3.63) is 0 Å². The average Bonchev–Trinajstić information content (AvgIpc) is 2.37. The van der Waals surface area contributed by atoms with Gasteiger partial charge in [-0.15, -0.1) is 0 Å². The van der Waals surface area contributed by atoms with Crippen molar-refractivity contribution in [1.82, 2.24) is 4.90 Å². The molecule has 0 aromatic carbocycles. The summed E-state index contributed by atoms with van der Waals surface area (Å²) in [6.45, 7) is 4.51. The first kappa shape index (κ1) is 13.8. The third kappa shape index (κ3) is 4.70. The van der Waals surface area contributed by atoms with E-state index in [1.807, 2.05) is 6.92 Å². The van der Waals surface area contributed by atoms with Crippen LogP contribution in [0.4, 0.5) is 13.2 Å². The SMILES string of the molecule is CCN1CCCC(O)(CCC(F)(F)F)CC1. The first-order chi connectivity index (χ1) is 7.35. The molecule has 0 spiro atoms. The van der Waals surface area contributed by atoms with Gasteiger partial charge >= 0.3 is 6.18 Å². The summed E-state index contributed by atoms with van der Waals surface area (Å²) in [6, 6.07) is 0. The van der Waals surface area contributed by atoms with Crippen molar-refractivity contribution in [1.29, 1.82) is 0 Å². The van der Waals surface area contributed by atoms with E-state index in [-0.39, 0.29) is 6.42 Å². The monoisotopic (exact) mass is 239 g/mol. The van der Waals surface area contributed by atoms with E-state index in [9.17, 15) is 18.3 Å². The molecule has 0 aliphatic carbocycles. The largest absolute Gasteiger partial charge is 0.390 e. The fraction of sp³-hybridized carbons (Fsp3) is 1.00. The molecule has 1 heterocycles. The molecule has 5 heteroatoms. The molecule has 1 aliphatic heterocycles. The van der Waals surface area contributed by atoms with Gasteiger partial charge in [0.1, 0.15) is 0 Å². The highest BCUT2D eigenvalue weighted by Gasteiger charge is 2.35. The minimum absolute atomic E-state index is 0.159. The molecule has 96 valence electrons. The van der Waals surface area contributed by atoms with Crippen LogP contribution in [0.1, 0.15) is 39.0 Å². The molecule has 0 aromatic rings. The van der Waals surface area contributed by atoms with Gasteiger partial charge in [0, 0.05) is 13.0 Å². The van der Waals surface area contributed by atoms with Crippen molar-refractivity contribution in [3.8, 4) is 0 Å². The number of likely N-dealkylation sites (tertiary alicyclic amines) is 1.